The van der Waals surface area contributed by atoms with Crippen LogP contribution in [0.3, 0.4) is 0 Å². The van der Waals surface area contributed by atoms with E-state index in [1.54, 1.807) is 35.9 Å². The van der Waals surface area contributed by atoms with Crippen LogP contribution in [-0.4, -0.2) is 62.8 Å². The third kappa shape index (κ3) is 8.04. The van der Waals surface area contributed by atoms with E-state index in [4.69, 9.17) is 23.2 Å². The topological polar surface area (TPSA) is 172 Å². The average molecular weight is 943 g/mol. The number of imide groups is 1. The molecule has 5 N–H and O–H groups in total. The predicted molar refractivity (Wildman–Crippen MR) is 251 cm³/mol. The minimum atomic E-state index is -1.34. The smallest absolute Gasteiger partial charge is 0.329 e. The van der Waals surface area contributed by atoms with Gasteiger partial charge in [0, 0.05) is 54.1 Å². The Morgan fingerprint density at radius 2 is 1.61 bits per heavy atom. The molecule has 2 aliphatic carbocycles. The van der Waals surface area contributed by atoms with Crippen molar-refractivity contribution in [3.05, 3.63) is 97.6 Å². The van der Waals surface area contributed by atoms with Crippen LogP contribution in [0.15, 0.2) is 59.4 Å². The highest BCUT2D eigenvalue weighted by molar-refractivity contribution is 6.31. The van der Waals surface area contributed by atoms with Crippen LogP contribution in [0.5, 0.6) is 0 Å². The molecule has 1 unspecified atom stereocenters. The van der Waals surface area contributed by atoms with Crippen molar-refractivity contribution < 1.29 is 28.4 Å². The second-order valence-corrected chi connectivity index (χ2v) is 20.9. The maximum Gasteiger partial charge on any atom is 0.329 e. The van der Waals surface area contributed by atoms with Crippen molar-refractivity contribution in [2.75, 3.05) is 11.9 Å². The SMILES string of the molecule is Cn1c(=O)n(C2CCC(=O)NC2=O)c2ccc(CCCCCNC(=O)[C@H]3CC[C@H](NC(=O)[C@@H]4NC5(CCC(C)(C)CC5)[C@@]5(C(=O)Nc6cc(Cl)ccc65)[C@H]4c4cccc(Cl)c4F)CC3)cc21. The Bertz CT molecular complexity index is 2680. The fourth-order valence-electron chi connectivity index (χ4n) is 12.0. The Morgan fingerprint density at radius 3 is 2.35 bits per heavy atom. The van der Waals surface area contributed by atoms with Gasteiger partial charge in [0.2, 0.25) is 29.5 Å². The van der Waals surface area contributed by atoms with Crippen molar-refractivity contribution in [1.29, 1.82) is 0 Å². The Hall–Kier alpha value is -5.05. The number of rotatable bonds is 11. The number of amides is 5. The van der Waals surface area contributed by atoms with Crippen LogP contribution in [-0.2, 0) is 42.9 Å². The minimum absolute atomic E-state index is 0.00995. The molecule has 2 saturated carbocycles. The predicted octanol–water partition coefficient (Wildman–Crippen LogP) is 7.25. The molecule has 16 heteroatoms. The van der Waals surface area contributed by atoms with Crippen molar-refractivity contribution in [3.8, 4) is 0 Å². The van der Waals surface area contributed by atoms with E-state index in [-0.39, 0.29) is 70.1 Å². The lowest BCUT2D eigenvalue weighted by Gasteiger charge is -2.50. The van der Waals surface area contributed by atoms with Crippen LogP contribution in [0.25, 0.3) is 11.0 Å². The van der Waals surface area contributed by atoms with Gasteiger partial charge in [-0.3, -0.25) is 43.7 Å². The van der Waals surface area contributed by atoms with Crippen molar-refractivity contribution in [3.63, 3.8) is 0 Å². The molecule has 9 rings (SSSR count). The third-order valence-corrected chi connectivity index (χ3v) is 16.1. The zero-order valence-electron chi connectivity index (χ0n) is 37.7. The van der Waals surface area contributed by atoms with Gasteiger partial charge in [-0.1, -0.05) is 67.7 Å². The summed E-state index contributed by atoms with van der Waals surface area (Å²) < 4.78 is 19.4. The number of unbranched alkanes of at least 4 members (excludes halogenated alkanes) is 2. The number of hydrogen-bond donors (Lipinski definition) is 5. The van der Waals surface area contributed by atoms with Gasteiger partial charge in [0.05, 0.1) is 22.1 Å². The van der Waals surface area contributed by atoms with E-state index < -0.39 is 40.7 Å². The Morgan fingerprint density at radius 1 is 0.848 bits per heavy atom. The van der Waals surface area contributed by atoms with E-state index in [1.165, 1.54) is 10.6 Å². The summed E-state index contributed by atoms with van der Waals surface area (Å²) in [7, 11) is 1.69. The lowest BCUT2D eigenvalue weighted by molar-refractivity contribution is -0.136. The number of imidazole rings is 1. The van der Waals surface area contributed by atoms with Crippen LogP contribution in [0.4, 0.5) is 10.1 Å². The first-order valence-electron chi connectivity index (χ1n) is 23.5. The Kier molecular flexibility index (Phi) is 12.5. The molecule has 0 radical (unpaired) electrons. The Balaban J connectivity index is 0.809. The molecule has 13 nitrogen and oxygen atoms in total. The van der Waals surface area contributed by atoms with Crippen LogP contribution >= 0.6 is 23.2 Å². The van der Waals surface area contributed by atoms with E-state index in [0.29, 0.717) is 66.9 Å². The normalized spacial score (nSPS) is 26.6. The number of halogens is 3. The van der Waals surface area contributed by atoms with E-state index in [2.05, 4.69) is 40.4 Å². The highest BCUT2D eigenvalue weighted by Crippen LogP contribution is 2.64. The molecule has 350 valence electrons. The fraction of sp³-hybridized carbons (Fsp3) is 0.520. The fourth-order valence-corrected chi connectivity index (χ4v) is 12.3. The third-order valence-electron chi connectivity index (χ3n) is 15.6. The quantitative estimate of drug-likeness (QED) is 0.0779. The molecule has 3 aliphatic heterocycles. The van der Waals surface area contributed by atoms with Crippen molar-refractivity contribution in [2.45, 2.75) is 139 Å². The zero-order valence-corrected chi connectivity index (χ0v) is 39.2. The number of anilines is 1. The molecule has 1 aromatic heterocycles. The number of nitrogens with zero attached hydrogens (tertiary/aromatic N) is 2. The van der Waals surface area contributed by atoms with E-state index in [1.807, 2.05) is 24.3 Å². The summed E-state index contributed by atoms with van der Waals surface area (Å²) in [5.74, 6) is -3.12. The molecule has 3 aromatic carbocycles. The van der Waals surface area contributed by atoms with Gasteiger partial charge in [-0.05, 0) is 129 Å². The summed E-state index contributed by atoms with van der Waals surface area (Å²) >= 11 is 12.9. The van der Waals surface area contributed by atoms with Crippen LogP contribution < -0.4 is 32.3 Å². The number of nitrogens with one attached hydrogen (secondary N) is 5. The molecule has 2 saturated heterocycles. The maximum absolute atomic E-state index is 16.4. The molecule has 0 bridgehead atoms. The molecular formula is C50H58Cl2FN7O6. The molecule has 5 aliphatic rings. The second-order valence-electron chi connectivity index (χ2n) is 20.1. The van der Waals surface area contributed by atoms with E-state index in [0.717, 1.165) is 49.6 Å². The number of carbonyl (C=O) groups is 5. The summed E-state index contributed by atoms with van der Waals surface area (Å²) in [6.07, 6.45) is 9.08. The Labute approximate surface area is 393 Å². The maximum atomic E-state index is 16.4. The van der Waals surface area contributed by atoms with Crippen LogP contribution in [0.2, 0.25) is 10.0 Å². The largest absolute Gasteiger partial charge is 0.356 e. The molecule has 4 fully saturated rings. The van der Waals surface area contributed by atoms with Gasteiger partial charge in [0.1, 0.15) is 17.3 Å². The highest BCUT2D eigenvalue weighted by Gasteiger charge is 2.73. The van der Waals surface area contributed by atoms with Gasteiger partial charge in [0.15, 0.2) is 0 Å². The van der Waals surface area contributed by atoms with Crippen molar-refractivity contribution >= 4 is 69.5 Å². The second kappa shape index (κ2) is 17.9. The van der Waals surface area contributed by atoms with Gasteiger partial charge in [0.25, 0.3) is 0 Å². The first kappa shape index (κ1) is 46.1. The standard InChI is InChI=1S/C50H58Cl2FN7O6/c1-48(2)21-23-49(24-22-48)50(33-17-14-30(51)27-35(33)56-46(50)65)40(32-9-7-10-34(52)41(32)53)42(58-49)45(64)55-31-15-12-29(13-16-31)43(62)54-25-6-4-5-8-28-11-18-36-38(26-28)59(3)47(66)60(36)37-19-20-39(61)57-44(37)63/h7,9-11,14,17-18,26-27,29,31,37,40,42,58H,4-6,8,12-13,15-16,19-25H2,1-3H3,(H,54,62)(H,55,64)(H,56,65)(H,57,61,63)/t29-,31-,37?,40-,42+,50+/m0/s1. The summed E-state index contributed by atoms with van der Waals surface area (Å²) in [4.78, 5) is 80.3. The van der Waals surface area contributed by atoms with E-state index >= 15 is 4.39 Å². The first-order chi connectivity index (χ1) is 31.5. The number of aromatic nitrogens is 2. The molecule has 4 aromatic rings. The molecule has 4 atom stereocenters. The van der Waals surface area contributed by atoms with Crippen molar-refractivity contribution in [1.82, 2.24) is 30.4 Å². The van der Waals surface area contributed by atoms with Gasteiger partial charge < -0.3 is 16.0 Å². The number of hydrogen-bond acceptors (Lipinski definition) is 7. The summed E-state index contributed by atoms with van der Waals surface area (Å²) in [5, 5.41) is 15.9. The molecule has 66 heavy (non-hydrogen) atoms. The molecule has 2 spiro atoms. The summed E-state index contributed by atoms with van der Waals surface area (Å²) in [5.41, 5.74) is 1.46. The first-order valence-corrected chi connectivity index (χ1v) is 24.2. The molecule has 5 amide bonds. The lowest BCUT2D eigenvalue weighted by Crippen LogP contribution is -2.61. The number of carbonyl (C=O) groups excluding carboxylic acids is 5. The highest BCUT2D eigenvalue weighted by atomic mass is 35.5. The minimum Gasteiger partial charge on any atom is -0.356 e. The number of fused-ring (bicyclic) bond motifs is 4. The summed E-state index contributed by atoms with van der Waals surface area (Å²) in [6.45, 7) is 4.98. The molecule has 4 heterocycles. The average Bonchev–Trinajstić information content (AvgIpc) is 3.84. The van der Waals surface area contributed by atoms with Crippen LogP contribution in [0.1, 0.15) is 126 Å². The summed E-state index contributed by atoms with van der Waals surface area (Å²) in [6, 6.07) is 14.0. The lowest BCUT2D eigenvalue weighted by atomic mass is 9.53. The van der Waals surface area contributed by atoms with Gasteiger partial charge in [-0.25, -0.2) is 9.18 Å². The van der Waals surface area contributed by atoms with Gasteiger partial charge in [-0.2, -0.15) is 0 Å². The number of aryl methyl sites for hydroxylation is 2. The van der Waals surface area contributed by atoms with Crippen LogP contribution in [0, 0.1) is 17.2 Å². The zero-order chi connectivity index (χ0) is 46.7. The van der Waals surface area contributed by atoms with Crippen molar-refractivity contribution in [2.24, 2.45) is 18.4 Å². The number of benzene rings is 3. The van der Waals surface area contributed by atoms with Gasteiger partial charge in [-0.15, -0.1) is 0 Å². The monoisotopic (exact) mass is 941 g/mol. The number of piperidine rings is 1. The van der Waals surface area contributed by atoms with E-state index in [9.17, 15) is 28.8 Å². The molecular weight excluding hydrogens is 884 g/mol. The van der Waals surface area contributed by atoms with Gasteiger partial charge >= 0.3 is 5.69 Å².